The van der Waals surface area contributed by atoms with E-state index >= 15 is 0 Å². The van der Waals surface area contributed by atoms with Gasteiger partial charge in [0, 0.05) is 6.42 Å². The van der Waals surface area contributed by atoms with E-state index in [2.05, 4.69) is 19.1 Å². The topological polar surface area (TPSA) is 57.5 Å². The van der Waals surface area contributed by atoms with Gasteiger partial charge in [0.25, 0.3) is 0 Å². The lowest BCUT2D eigenvalue weighted by molar-refractivity contribution is -0.137. The van der Waals surface area contributed by atoms with E-state index < -0.39 is 12.1 Å². The first-order chi connectivity index (χ1) is 12.2. The number of hydrogen-bond acceptors (Lipinski definition) is 2. The van der Waals surface area contributed by atoms with Gasteiger partial charge in [0.05, 0.1) is 6.10 Å². The second-order valence-electron chi connectivity index (χ2n) is 7.31. The Labute approximate surface area is 155 Å². The molecular formula is C22H42O3. The summed E-state index contributed by atoms with van der Waals surface area (Å²) in [4.78, 5) is 10.4. The maximum Gasteiger partial charge on any atom is 0.303 e. The fourth-order valence-electron chi connectivity index (χ4n) is 3.06. The molecule has 0 saturated carbocycles. The number of carboxylic acid groups (broad SMARTS) is 1. The van der Waals surface area contributed by atoms with Gasteiger partial charge < -0.3 is 10.2 Å². The van der Waals surface area contributed by atoms with Gasteiger partial charge >= 0.3 is 5.97 Å². The van der Waals surface area contributed by atoms with Gasteiger partial charge in [0.1, 0.15) is 0 Å². The summed E-state index contributed by atoms with van der Waals surface area (Å²) in [5.41, 5.74) is 0. The van der Waals surface area contributed by atoms with E-state index in [9.17, 15) is 9.90 Å². The average Bonchev–Trinajstić information content (AvgIpc) is 2.59. The van der Waals surface area contributed by atoms with E-state index in [1.807, 2.05) is 0 Å². The van der Waals surface area contributed by atoms with Crippen molar-refractivity contribution in [1.29, 1.82) is 0 Å². The van der Waals surface area contributed by atoms with Gasteiger partial charge in [-0.15, -0.1) is 0 Å². The van der Waals surface area contributed by atoms with Crippen molar-refractivity contribution in [3.8, 4) is 0 Å². The van der Waals surface area contributed by atoms with Gasteiger partial charge in [-0.1, -0.05) is 83.3 Å². The molecule has 0 fully saturated rings. The Morgan fingerprint density at radius 2 is 1.24 bits per heavy atom. The molecule has 0 aliphatic heterocycles. The number of carbonyl (C=O) groups is 1. The van der Waals surface area contributed by atoms with Crippen LogP contribution in [0.3, 0.4) is 0 Å². The smallest absolute Gasteiger partial charge is 0.303 e. The molecule has 1 unspecified atom stereocenters. The van der Waals surface area contributed by atoms with Gasteiger partial charge in [0.15, 0.2) is 0 Å². The average molecular weight is 355 g/mol. The number of hydrogen-bond donors (Lipinski definition) is 2. The van der Waals surface area contributed by atoms with Crippen LogP contribution in [0, 0.1) is 0 Å². The number of rotatable bonds is 19. The zero-order chi connectivity index (χ0) is 18.6. The predicted octanol–water partition coefficient (Wildman–Crippen LogP) is 6.64. The molecule has 0 aromatic heterocycles. The van der Waals surface area contributed by atoms with Gasteiger partial charge in [-0.2, -0.15) is 0 Å². The molecule has 3 heteroatoms. The molecule has 3 nitrogen and oxygen atoms in total. The highest BCUT2D eigenvalue weighted by molar-refractivity contribution is 5.66. The fraction of sp³-hybridized carbons (Fsp3) is 0.864. The third-order valence-electron chi connectivity index (χ3n) is 4.74. The number of carboxylic acids is 1. The molecule has 0 radical (unpaired) electrons. The van der Waals surface area contributed by atoms with E-state index in [4.69, 9.17) is 5.11 Å². The van der Waals surface area contributed by atoms with Crippen LogP contribution in [-0.4, -0.2) is 22.3 Å². The normalized spacial score (nSPS) is 12.7. The molecule has 2 N–H and O–H groups in total. The second-order valence-corrected chi connectivity index (χ2v) is 7.31. The number of allylic oxidation sites excluding steroid dienone is 2. The molecule has 0 aromatic carbocycles. The second kappa shape index (κ2) is 19.5. The summed E-state index contributed by atoms with van der Waals surface area (Å²) in [6, 6.07) is 0. The van der Waals surface area contributed by atoms with Crippen molar-refractivity contribution in [2.45, 2.75) is 122 Å². The number of aliphatic carboxylic acids is 1. The summed E-state index contributed by atoms with van der Waals surface area (Å²) in [6.07, 6.45) is 23.4. The molecule has 0 amide bonds. The highest BCUT2D eigenvalue weighted by Crippen LogP contribution is 2.12. The Morgan fingerprint density at radius 3 is 1.76 bits per heavy atom. The highest BCUT2D eigenvalue weighted by Gasteiger charge is 2.06. The third-order valence-corrected chi connectivity index (χ3v) is 4.74. The van der Waals surface area contributed by atoms with Gasteiger partial charge in [-0.05, 0) is 38.5 Å². The van der Waals surface area contributed by atoms with Crippen LogP contribution in [0.1, 0.15) is 116 Å². The van der Waals surface area contributed by atoms with Crippen LogP contribution in [0.4, 0.5) is 0 Å². The first kappa shape index (κ1) is 24.2. The molecule has 148 valence electrons. The lowest BCUT2D eigenvalue weighted by Crippen LogP contribution is -2.09. The number of aliphatic hydroxyl groups is 1. The summed E-state index contributed by atoms with van der Waals surface area (Å²) in [7, 11) is 0. The molecule has 1 atom stereocenters. The van der Waals surface area contributed by atoms with Crippen molar-refractivity contribution in [3.05, 3.63) is 12.2 Å². The molecule has 0 heterocycles. The number of aliphatic hydroxyl groups excluding tert-OH is 1. The molecule has 0 aliphatic rings. The SMILES string of the molecule is CCCCCCCC/C=C\CCCCCCCCC(O)CCC(=O)O. The van der Waals surface area contributed by atoms with Crippen LogP contribution in [-0.2, 0) is 4.79 Å². The van der Waals surface area contributed by atoms with Crippen molar-refractivity contribution < 1.29 is 15.0 Å². The minimum atomic E-state index is -0.819. The predicted molar refractivity (Wildman–Crippen MR) is 107 cm³/mol. The molecular weight excluding hydrogens is 312 g/mol. The highest BCUT2D eigenvalue weighted by atomic mass is 16.4. The van der Waals surface area contributed by atoms with E-state index in [-0.39, 0.29) is 6.42 Å². The van der Waals surface area contributed by atoms with Crippen molar-refractivity contribution in [1.82, 2.24) is 0 Å². The molecule has 0 rings (SSSR count). The Hall–Kier alpha value is -0.830. The summed E-state index contributed by atoms with van der Waals surface area (Å²) in [6.45, 7) is 2.26. The van der Waals surface area contributed by atoms with E-state index in [0.29, 0.717) is 6.42 Å². The summed E-state index contributed by atoms with van der Waals surface area (Å²) in [5.74, 6) is -0.819. The van der Waals surface area contributed by atoms with Gasteiger partial charge in [-0.3, -0.25) is 4.79 Å². The Morgan fingerprint density at radius 1 is 0.760 bits per heavy atom. The monoisotopic (exact) mass is 354 g/mol. The minimum Gasteiger partial charge on any atom is -0.481 e. The molecule has 0 aromatic rings. The Balaban J connectivity index is 3.18. The number of unbranched alkanes of at least 4 members (excludes halogenated alkanes) is 12. The molecule has 0 saturated heterocycles. The molecule has 0 aliphatic carbocycles. The quantitative estimate of drug-likeness (QED) is 0.202. The first-order valence-corrected chi connectivity index (χ1v) is 10.7. The minimum absolute atomic E-state index is 0.0769. The molecule has 0 spiro atoms. The summed E-state index contributed by atoms with van der Waals surface area (Å²) in [5, 5.41) is 18.2. The fourth-order valence-corrected chi connectivity index (χ4v) is 3.06. The maximum absolute atomic E-state index is 10.4. The van der Waals surface area contributed by atoms with Gasteiger partial charge in [0.2, 0.25) is 0 Å². The van der Waals surface area contributed by atoms with E-state index in [0.717, 1.165) is 19.3 Å². The standard InChI is InChI=1S/C22H42O3/c1-2-3-4-5-6-7-8-9-10-11-12-13-14-15-16-17-18-21(23)19-20-22(24)25/h9-10,21,23H,2-8,11-20H2,1H3,(H,24,25)/b10-9-. The van der Waals surface area contributed by atoms with Crippen LogP contribution < -0.4 is 0 Å². The van der Waals surface area contributed by atoms with Crippen LogP contribution in [0.2, 0.25) is 0 Å². The zero-order valence-electron chi connectivity index (χ0n) is 16.6. The maximum atomic E-state index is 10.4. The Bertz CT molecular complexity index is 312. The van der Waals surface area contributed by atoms with Crippen LogP contribution in [0.5, 0.6) is 0 Å². The largest absolute Gasteiger partial charge is 0.481 e. The lowest BCUT2D eigenvalue weighted by Gasteiger charge is -2.08. The molecule has 0 bridgehead atoms. The van der Waals surface area contributed by atoms with Gasteiger partial charge in [-0.25, -0.2) is 0 Å². The lowest BCUT2D eigenvalue weighted by atomic mass is 10.0. The first-order valence-electron chi connectivity index (χ1n) is 10.7. The van der Waals surface area contributed by atoms with Crippen molar-refractivity contribution >= 4 is 5.97 Å². The summed E-state index contributed by atoms with van der Waals surface area (Å²) < 4.78 is 0. The zero-order valence-corrected chi connectivity index (χ0v) is 16.6. The van der Waals surface area contributed by atoms with E-state index in [1.165, 1.54) is 77.0 Å². The van der Waals surface area contributed by atoms with Crippen molar-refractivity contribution in [3.63, 3.8) is 0 Å². The van der Waals surface area contributed by atoms with Crippen molar-refractivity contribution in [2.75, 3.05) is 0 Å². The Kier molecular flexibility index (Phi) is 18.8. The van der Waals surface area contributed by atoms with Crippen LogP contribution in [0.25, 0.3) is 0 Å². The van der Waals surface area contributed by atoms with Crippen LogP contribution in [0.15, 0.2) is 12.2 Å². The third kappa shape index (κ3) is 21.1. The van der Waals surface area contributed by atoms with Crippen molar-refractivity contribution in [2.24, 2.45) is 0 Å². The molecule has 25 heavy (non-hydrogen) atoms. The summed E-state index contributed by atoms with van der Waals surface area (Å²) >= 11 is 0. The van der Waals surface area contributed by atoms with Crippen LogP contribution >= 0.6 is 0 Å². The van der Waals surface area contributed by atoms with E-state index in [1.54, 1.807) is 0 Å².